The van der Waals surface area contributed by atoms with Crippen molar-refractivity contribution >= 4 is 41.9 Å². The minimum Gasteiger partial charge on any atom is -0.208 e. The summed E-state index contributed by atoms with van der Waals surface area (Å²) in [7, 11) is -3.42. The van der Waals surface area contributed by atoms with Crippen LogP contribution in [0.15, 0.2) is 26.0 Å². The van der Waals surface area contributed by atoms with Gasteiger partial charge in [-0.2, -0.15) is 0 Å². The molecule has 0 heterocycles. The van der Waals surface area contributed by atoms with Crippen LogP contribution in [0.5, 0.6) is 0 Å². The maximum Gasteiger partial charge on any atom is 0.241 e. The number of aryl methyl sites for hydroxylation is 1. The van der Waals surface area contributed by atoms with E-state index < -0.39 is 10.0 Å². The Morgan fingerprint density at radius 2 is 1.88 bits per heavy atom. The minimum atomic E-state index is -3.42. The molecule has 1 aliphatic carbocycles. The molecule has 0 aliphatic heterocycles. The van der Waals surface area contributed by atoms with Crippen LogP contribution in [-0.4, -0.2) is 14.5 Å². The first-order chi connectivity index (χ1) is 7.90. The molecule has 0 radical (unpaired) electrons. The zero-order valence-electron chi connectivity index (χ0n) is 9.33. The molecule has 1 fully saturated rings. The molecule has 1 N–H and O–H groups in total. The molecule has 1 aliphatic rings. The van der Waals surface area contributed by atoms with Crippen molar-refractivity contribution in [1.82, 2.24) is 4.72 Å². The lowest BCUT2D eigenvalue weighted by Crippen LogP contribution is -2.39. The molecule has 0 bridgehead atoms. The highest BCUT2D eigenvalue weighted by atomic mass is 79.9. The maximum absolute atomic E-state index is 12.2. The summed E-state index contributed by atoms with van der Waals surface area (Å²) >= 11 is 6.66. The van der Waals surface area contributed by atoms with Crippen molar-refractivity contribution in [3.63, 3.8) is 0 Å². The molecule has 0 aromatic heterocycles. The van der Waals surface area contributed by atoms with Gasteiger partial charge >= 0.3 is 0 Å². The van der Waals surface area contributed by atoms with Crippen molar-refractivity contribution in [2.45, 2.75) is 37.1 Å². The Balaban J connectivity index is 2.35. The molecule has 94 valence electrons. The van der Waals surface area contributed by atoms with Crippen molar-refractivity contribution in [2.24, 2.45) is 0 Å². The summed E-state index contributed by atoms with van der Waals surface area (Å²) < 4.78 is 28.4. The average Bonchev–Trinajstić information content (AvgIpc) is 2.17. The Bertz CT molecular complexity index is 539. The lowest BCUT2D eigenvalue weighted by atomic mass is 9.94. The maximum atomic E-state index is 12.2. The van der Waals surface area contributed by atoms with Crippen molar-refractivity contribution in [3.8, 4) is 0 Å². The third-order valence-corrected chi connectivity index (χ3v) is 6.26. The molecular formula is C11H13Br2NO2S. The molecule has 2 rings (SSSR count). The summed E-state index contributed by atoms with van der Waals surface area (Å²) in [6, 6.07) is 3.55. The summed E-state index contributed by atoms with van der Waals surface area (Å²) in [6.07, 6.45) is 2.97. The third-order valence-electron chi connectivity index (χ3n) is 2.93. The SMILES string of the molecule is Cc1cc(Br)c(S(=O)(=O)NC2CCC2)cc1Br. The molecule has 0 amide bonds. The van der Waals surface area contributed by atoms with E-state index in [1.165, 1.54) is 0 Å². The lowest BCUT2D eigenvalue weighted by Gasteiger charge is -2.26. The summed E-state index contributed by atoms with van der Waals surface area (Å²) in [4.78, 5) is 0.293. The Kier molecular flexibility index (Phi) is 3.97. The predicted octanol–water partition coefficient (Wildman–Crippen LogP) is 3.35. The highest BCUT2D eigenvalue weighted by molar-refractivity contribution is 9.11. The quantitative estimate of drug-likeness (QED) is 0.871. The van der Waals surface area contributed by atoms with Crippen molar-refractivity contribution in [2.75, 3.05) is 0 Å². The average molecular weight is 383 g/mol. The second-order valence-corrected chi connectivity index (χ2v) is 7.67. The number of rotatable bonds is 3. The second kappa shape index (κ2) is 4.99. The van der Waals surface area contributed by atoms with Gasteiger partial charge in [0.1, 0.15) is 0 Å². The van der Waals surface area contributed by atoms with Crippen LogP contribution < -0.4 is 4.72 Å². The zero-order valence-corrected chi connectivity index (χ0v) is 13.3. The molecule has 1 aromatic carbocycles. The Morgan fingerprint density at radius 3 is 2.41 bits per heavy atom. The first-order valence-electron chi connectivity index (χ1n) is 5.38. The number of nitrogens with one attached hydrogen (secondary N) is 1. The van der Waals surface area contributed by atoms with E-state index in [1.54, 1.807) is 12.1 Å². The number of hydrogen-bond donors (Lipinski definition) is 1. The van der Waals surface area contributed by atoms with E-state index in [0.29, 0.717) is 9.37 Å². The third kappa shape index (κ3) is 2.92. The largest absolute Gasteiger partial charge is 0.241 e. The summed E-state index contributed by atoms with van der Waals surface area (Å²) in [5, 5.41) is 0. The number of halogens is 2. The summed E-state index contributed by atoms with van der Waals surface area (Å²) in [5.41, 5.74) is 1.000. The van der Waals surface area contributed by atoms with Gasteiger partial charge in [-0.15, -0.1) is 0 Å². The highest BCUT2D eigenvalue weighted by Gasteiger charge is 2.26. The van der Waals surface area contributed by atoms with Crippen molar-refractivity contribution < 1.29 is 8.42 Å². The van der Waals surface area contributed by atoms with Crippen LogP contribution in [0.2, 0.25) is 0 Å². The van der Waals surface area contributed by atoms with E-state index >= 15 is 0 Å². The van der Waals surface area contributed by atoms with E-state index in [9.17, 15) is 8.42 Å². The minimum absolute atomic E-state index is 0.104. The van der Waals surface area contributed by atoms with Gasteiger partial charge in [0.05, 0.1) is 4.90 Å². The van der Waals surface area contributed by atoms with E-state index in [2.05, 4.69) is 36.6 Å². The van der Waals surface area contributed by atoms with Gasteiger partial charge in [0.25, 0.3) is 0 Å². The Morgan fingerprint density at radius 1 is 1.24 bits per heavy atom. The topological polar surface area (TPSA) is 46.2 Å². The molecule has 1 aromatic rings. The van der Waals surface area contributed by atoms with E-state index in [0.717, 1.165) is 29.3 Å². The molecular weight excluding hydrogens is 370 g/mol. The van der Waals surface area contributed by atoms with Crippen LogP contribution in [0.3, 0.4) is 0 Å². The van der Waals surface area contributed by atoms with Crippen molar-refractivity contribution in [1.29, 1.82) is 0 Å². The molecule has 3 nitrogen and oxygen atoms in total. The van der Waals surface area contributed by atoms with Gasteiger partial charge in [0.15, 0.2) is 0 Å². The van der Waals surface area contributed by atoms with Gasteiger partial charge in [-0.1, -0.05) is 22.4 Å². The first kappa shape index (κ1) is 13.5. The fourth-order valence-corrected chi connectivity index (χ4v) is 4.63. The van der Waals surface area contributed by atoms with E-state index in [1.807, 2.05) is 6.92 Å². The molecule has 17 heavy (non-hydrogen) atoms. The molecule has 0 spiro atoms. The Hall–Kier alpha value is 0.0900. The van der Waals surface area contributed by atoms with Crippen LogP contribution in [0.1, 0.15) is 24.8 Å². The Labute approximate surface area is 118 Å². The van der Waals surface area contributed by atoms with Gasteiger partial charge in [-0.05, 0) is 53.4 Å². The normalized spacial score (nSPS) is 16.9. The van der Waals surface area contributed by atoms with Crippen LogP contribution in [-0.2, 0) is 10.0 Å². The highest BCUT2D eigenvalue weighted by Crippen LogP contribution is 2.30. The van der Waals surface area contributed by atoms with Crippen LogP contribution >= 0.6 is 31.9 Å². The van der Waals surface area contributed by atoms with Crippen LogP contribution in [0.4, 0.5) is 0 Å². The van der Waals surface area contributed by atoms with Gasteiger partial charge in [0.2, 0.25) is 10.0 Å². The van der Waals surface area contributed by atoms with Crippen LogP contribution in [0.25, 0.3) is 0 Å². The monoisotopic (exact) mass is 381 g/mol. The fourth-order valence-electron chi connectivity index (χ4n) is 1.64. The van der Waals surface area contributed by atoms with Gasteiger partial charge in [-0.3, -0.25) is 0 Å². The van der Waals surface area contributed by atoms with Crippen molar-refractivity contribution in [3.05, 3.63) is 26.6 Å². The summed E-state index contributed by atoms with van der Waals surface area (Å²) in [5.74, 6) is 0. The standard InChI is InChI=1S/C11H13Br2NO2S/c1-7-5-10(13)11(6-9(7)12)17(15,16)14-8-3-2-4-8/h5-6,8,14H,2-4H2,1H3. The molecule has 1 saturated carbocycles. The molecule has 0 unspecified atom stereocenters. The zero-order chi connectivity index (χ0) is 12.6. The molecule has 6 heteroatoms. The predicted molar refractivity (Wildman–Crippen MR) is 74.5 cm³/mol. The van der Waals surface area contributed by atoms with E-state index in [-0.39, 0.29) is 6.04 Å². The van der Waals surface area contributed by atoms with Crippen LogP contribution in [0, 0.1) is 6.92 Å². The number of sulfonamides is 1. The van der Waals surface area contributed by atoms with Gasteiger partial charge in [-0.25, -0.2) is 13.1 Å². The lowest BCUT2D eigenvalue weighted by molar-refractivity contribution is 0.383. The first-order valence-corrected chi connectivity index (χ1v) is 8.45. The second-order valence-electron chi connectivity index (χ2n) is 4.28. The number of hydrogen-bond acceptors (Lipinski definition) is 2. The van der Waals surface area contributed by atoms with E-state index in [4.69, 9.17) is 0 Å². The summed E-state index contributed by atoms with van der Waals surface area (Å²) in [6.45, 7) is 1.92. The molecule has 0 saturated heterocycles. The van der Waals surface area contributed by atoms with Gasteiger partial charge in [0, 0.05) is 15.0 Å². The molecule has 0 atom stereocenters. The fraction of sp³-hybridized carbons (Fsp3) is 0.455. The van der Waals surface area contributed by atoms with Gasteiger partial charge < -0.3 is 0 Å². The smallest absolute Gasteiger partial charge is 0.208 e. The number of benzene rings is 1.